The predicted octanol–water partition coefficient (Wildman–Crippen LogP) is 2.50. The minimum Gasteiger partial charge on any atom is -0.445 e. The minimum absolute atomic E-state index is 0.252. The summed E-state index contributed by atoms with van der Waals surface area (Å²) in [4.78, 5) is 18.9. The van der Waals surface area contributed by atoms with Gasteiger partial charge in [0.15, 0.2) is 5.89 Å². The van der Waals surface area contributed by atoms with E-state index in [0.717, 1.165) is 56.4 Å². The van der Waals surface area contributed by atoms with Crippen LogP contribution in [0.4, 0.5) is 0 Å². The number of hydrogen-bond acceptors (Lipinski definition) is 4. The van der Waals surface area contributed by atoms with Gasteiger partial charge in [-0.15, -0.1) is 0 Å². The lowest BCUT2D eigenvalue weighted by Crippen LogP contribution is -2.37. The highest BCUT2D eigenvalue weighted by molar-refractivity contribution is 5.76. The van der Waals surface area contributed by atoms with Crippen molar-refractivity contribution >= 4 is 5.91 Å². The first kappa shape index (κ1) is 14.6. The van der Waals surface area contributed by atoms with Crippen LogP contribution < -0.4 is 0 Å². The van der Waals surface area contributed by atoms with Gasteiger partial charge >= 0.3 is 0 Å². The first-order valence-corrected chi connectivity index (χ1v) is 7.97. The number of amides is 1. The topological polar surface area (TPSA) is 55.6 Å². The third kappa shape index (κ3) is 3.28. The van der Waals surface area contributed by atoms with E-state index in [2.05, 4.69) is 18.8 Å². The molecule has 3 rings (SSSR count). The SMILES string of the molecule is CC(C)c1nc2c(o1)CCN(C(=O)CC1CCOCC1)C2. The van der Waals surface area contributed by atoms with Gasteiger partial charge in [0, 0.05) is 38.5 Å². The molecule has 1 amide bonds. The Balaban J connectivity index is 1.61. The van der Waals surface area contributed by atoms with E-state index in [1.807, 2.05) is 4.90 Å². The number of fused-ring (bicyclic) bond motifs is 1. The van der Waals surface area contributed by atoms with Gasteiger partial charge in [-0.25, -0.2) is 4.98 Å². The maximum absolute atomic E-state index is 12.4. The van der Waals surface area contributed by atoms with E-state index in [-0.39, 0.29) is 5.91 Å². The van der Waals surface area contributed by atoms with Crippen molar-refractivity contribution in [2.24, 2.45) is 5.92 Å². The standard InChI is InChI=1S/C16H24N2O3/c1-11(2)16-17-13-10-18(6-3-14(13)21-16)15(19)9-12-4-7-20-8-5-12/h11-12H,3-10H2,1-2H3. The van der Waals surface area contributed by atoms with Crippen molar-refractivity contribution in [3.05, 3.63) is 17.3 Å². The number of rotatable bonds is 3. The molecule has 0 atom stereocenters. The van der Waals surface area contributed by atoms with Crippen LogP contribution in [0.15, 0.2) is 4.42 Å². The second kappa shape index (κ2) is 6.18. The average Bonchev–Trinajstić information content (AvgIpc) is 2.91. The Labute approximate surface area is 125 Å². The van der Waals surface area contributed by atoms with Crippen molar-refractivity contribution in [1.29, 1.82) is 0 Å². The van der Waals surface area contributed by atoms with Crippen LogP contribution >= 0.6 is 0 Å². The van der Waals surface area contributed by atoms with Crippen LogP contribution in [0.2, 0.25) is 0 Å². The number of nitrogens with zero attached hydrogens (tertiary/aromatic N) is 2. The van der Waals surface area contributed by atoms with Crippen LogP contribution in [0, 0.1) is 5.92 Å². The second-order valence-corrected chi connectivity index (χ2v) is 6.40. The van der Waals surface area contributed by atoms with Crippen molar-refractivity contribution in [3.8, 4) is 0 Å². The number of oxazole rings is 1. The van der Waals surface area contributed by atoms with Gasteiger partial charge in [-0.1, -0.05) is 13.8 Å². The normalized spacial score (nSPS) is 19.9. The predicted molar refractivity (Wildman–Crippen MR) is 77.9 cm³/mol. The van der Waals surface area contributed by atoms with Gasteiger partial charge < -0.3 is 14.1 Å². The van der Waals surface area contributed by atoms with Gasteiger partial charge in [0.2, 0.25) is 5.91 Å². The van der Waals surface area contributed by atoms with Crippen LogP contribution in [0.5, 0.6) is 0 Å². The number of hydrogen-bond donors (Lipinski definition) is 0. The first-order chi connectivity index (χ1) is 10.1. The minimum atomic E-state index is 0.252. The van der Waals surface area contributed by atoms with Gasteiger partial charge in [0.25, 0.3) is 0 Å². The molecule has 21 heavy (non-hydrogen) atoms. The summed E-state index contributed by atoms with van der Waals surface area (Å²) in [5.41, 5.74) is 0.949. The maximum atomic E-state index is 12.4. The molecular weight excluding hydrogens is 268 g/mol. The fourth-order valence-electron chi connectivity index (χ4n) is 3.00. The summed E-state index contributed by atoms with van der Waals surface area (Å²) in [7, 11) is 0. The van der Waals surface area contributed by atoms with E-state index in [0.29, 0.717) is 24.8 Å². The van der Waals surface area contributed by atoms with Gasteiger partial charge in [-0.2, -0.15) is 0 Å². The lowest BCUT2D eigenvalue weighted by atomic mass is 9.95. The van der Waals surface area contributed by atoms with Crippen LogP contribution in [0.25, 0.3) is 0 Å². The van der Waals surface area contributed by atoms with E-state index in [9.17, 15) is 4.79 Å². The van der Waals surface area contributed by atoms with Gasteiger partial charge in [-0.3, -0.25) is 4.79 Å². The molecule has 0 aliphatic carbocycles. The Morgan fingerprint density at radius 3 is 2.86 bits per heavy atom. The summed E-state index contributed by atoms with van der Waals surface area (Å²) in [6.45, 7) is 7.10. The Morgan fingerprint density at radius 1 is 1.38 bits per heavy atom. The molecule has 5 heteroatoms. The fraction of sp³-hybridized carbons (Fsp3) is 0.750. The Hall–Kier alpha value is -1.36. The van der Waals surface area contributed by atoms with Crippen LogP contribution in [0.1, 0.15) is 56.4 Å². The molecule has 2 aliphatic heterocycles. The third-order valence-electron chi connectivity index (χ3n) is 4.39. The maximum Gasteiger partial charge on any atom is 0.223 e. The quantitative estimate of drug-likeness (QED) is 0.859. The molecule has 5 nitrogen and oxygen atoms in total. The molecule has 0 unspecified atom stereocenters. The zero-order valence-electron chi connectivity index (χ0n) is 12.9. The number of carbonyl (C=O) groups excluding carboxylic acids is 1. The van der Waals surface area contributed by atoms with Crippen molar-refractivity contribution in [2.75, 3.05) is 19.8 Å². The van der Waals surface area contributed by atoms with Crippen molar-refractivity contribution in [3.63, 3.8) is 0 Å². The Kier molecular flexibility index (Phi) is 4.29. The summed E-state index contributed by atoms with van der Waals surface area (Å²) >= 11 is 0. The highest BCUT2D eigenvalue weighted by atomic mass is 16.5. The molecule has 0 spiro atoms. The number of aromatic nitrogens is 1. The van der Waals surface area contributed by atoms with Crippen molar-refractivity contribution < 1.29 is 13.9 Å². The molecule has 1 fully saturated rings. The first-order valence-electron chi connectivity index (χ1n) is 7.97. The number of ether oxygens (including phenoxy) is 1. The summed E-state index contributed by atoms with van der Waals surface area (Å²) < 4.78 is 11.1. The smallest absolute Gasteiger partial charge is 0.223 e. The molecule has 0 bridgehead atoms. The monoisotopic (exact) mass is 292 g/mol. The van der Waals surface area contributed by atoms with Crippen LogP contribution in [-0.2, 0) is 22.5 Å². The molecule has 0 saturated carbocycles. The fourth-order valence-corrected chi connectivity index (χ4v) is 3.00. The highest BCUT2D eigenvalue weighted by Gasteiger charge is 2.27. The van der Waals surface area contributed by atoms with Crippen LogP contribution in [0.3, 0.4) is 0 Å². The number of carbonyl (C=O) groups is 1. The average molecular weight is 292 g/mol. The molecule has 2 aliphatic rings. The Bertz CT molecular complexity index is 504. The molecule has 0 radical (unpaired) electrons. The lowest BCUT2D eigenvalue weighted by molar-refractivity contribution is -0.134. The van der Waals surface area contributed by atoms with E-state index in [4.69, 9.17) is 9.15 Å². The van der Waals surface area contributed by atoms with E-state index in [1.165, 1.54) is 0 Å². The molecule has 1 aromatic rings. The second-order valence-electron chi connectivity index (χ2n) is 6.40. The van der Waals surface area contributed by atoms with Gasteiger partial charge in [0.1, 0.15) is 11.5 Å². The zero-order chi connectivity index (χ0) is 14.8. The third-order valence-corrected chi connectivity index (χ3v) is 4.39. The molecule has 116 valence electrons. The van der Waals surface area contributed by atoms with Gasteiger partial charge in [0.05, 0.1) is 6.54 Å². The highest BCUT2D eigenvalue weighted by Crippen LogP contribution is 2.25. The summed E-state index contributed by atoms with van der Waals surface area (Å²) in [6.07, 6.45) is 3.45. The molecule has 1 saturated heterocycles. The molecular formula is C16H24N2O3. The molecule has 1 aromatic heterocycles. The molecule has 0 N–H and O–H groups in total. The summed E-state index contributed by atoms with van der Waals surface area (Å²) in [5.74, 6) is 2.78. The van der Waals surface area contributed by atoms with Crippen LogP contribution in [-0.4, -0.2) is 35.5 Å². The van der Waals surface area contributed by atoms with Crippen molar-refractivity contribution in [1.82, 2.24) is 9.88 Å². The van der Waals surface area contributed by atoms with Crippen molar-refractivity contribution in [2.45, 2.75) is 52.0 Å². The molecule has 0 aromatic carbocycles. The van der Waals surface area contributed by atoms with Gasteiger partial charge in [-0.05, 0) is 18.8 Å². The largest absolute Gasteiger partial charge is 0.445 e. The lowest BCUT2D eigenvalue weighted by Gasteiger charge is -2.28. The van der Waals surface area contributed by atoms with E-state index < -0.39 is 0 Å². The summed E-state index contributed by atoms with van der Waals surface area (Å²) in [6, 6.07) is 0. The zero-order valence-corrected chi connectivity index (χ0v) is 12.9. The summed E-state index contributed by atoms with van der Waals surface area (Å²) in [5, 5.41) is 0. The Morgan fingerprint density at radius 2 is 2.14 bits per heavy atom. The van der Waals surface area contributed by atoms with E-state index in [1.54, 1.807) is 0 Å². The van der Waals surface area contributed by atoms with E-state index >= 15 is 0 Å². The molecule has 3 heterocycles.